The number of rotatable bonds is 2. The molecular formula is C5H10Cl4Si2. The van der Waals surface area contributed by atoms with Crippen molar-refractivity contribution in [3.63, 3.8) is 0 Å². The topological polar surface area (TPSA) is 0 Å². The van der Waals surface area contributed by atoms with E-state index in [0.717, 1.165) is 5.20 Å². The van der Waals surface area contributed by atoms with Crippen LogP contribution in [0.5, 0.6) is 0 Å². The molecule has 0 fully saturated rings. The zero-order valence-electron chi connectivity index (χ0n) is 6.59. The number of halogens is 4. The molecule has 0 bridgehead atoms. The summed E-state index contributed by atoms with van der Waals surface area (Å²) >= 11 is 23.6. The molecule has 0 saturated carbocycles. The summed E-state index contributed by atoms with van der Waals surface area (Å²) in [6.07, 6.45) is 0. The summed E-state index contributed by atoms with van der Waals surface area (Å²) in [5.41, 5.74) is 1.82. The number of hydrogen-bond acceptors (Lipinski definition) is 0. The molecule has 66 valence electrons. The third kappa shape index (κ3) is 6.49. The molecule has 0 N–H and O–H groups in total. The van der Waals surface area contributed by atoms with Crippen molar-refractivity contribution in [2.75, 3.05) is 0 Å². The van der Waals surface area contributed by atoms with Gasteiger partial charge in [-0.05, 0) is 20.0 Å². The normalized spacial score (nSPS) is 15.4. The molecule has 0 unspecified atom stereocenters. The molecule has 0 aromatic heterocycles. The van der Waals surface area contributed by atoms with Crippen LogP contribution in [0, 0.1) is 0 Å². The predicted octanol–water partition coefficient (Wildman–Crippen LogP) is 4.11. The third-order valence-corrected chi connectivity index (χ3v) is 6.36. The first-order valence-corrected chi connectivity index (χ1v) is 12.2. The molecule has 0 aliphatic rings. The van der Waals surface area contributed by atoms with Crippen molar-refractivity contribution < 1.29 is 0 Å². The van der Waals surface area contributed by atoms with Crippen LogP contribution in [0.25, 0.3) is 0 Å². The highest BCUT2D eigenvalue weighted by Gasteiger charge is 2.27. The van der Waals surface area contributed by atoms with Crippen molar-refractivity contribution in [3.05, 3.63) is 10.9 Å². The Labute approximate surface area is 88.3 Å². The minimum Gasteiger partial charge on any atom is -0.141 e. The summed E-state index contributed by atoms with van der Waals surface area (Å²) in [4.78, 5) is 0. The molecule has 0 aliphatic heterocycles. The first-order chi connectivity index (χ1) is 4.63. The van der Waals surface area contributed by atoms with Crippen molar-refractivity contribution >= 4 is 57.7 Å². The van der Waals surface area contributed by atoms with Gasteiger partial charge in [-0.2, -0.15) is 0 Å². The summed E-state index contributed by atoms with van der Waals surface area (Å²) in [7, 11) is 0. The Morgan fingerprint density at radius 3 is 1.55 bits per heavy atom. The first kappa shape index (κ1) is 12.3. The fourth-order valence-electron chi connectivity index (χ4n) is 0.507. The highest BCUT2D eigenvalue weighted by molar-refractivity contribution is 7.50. The molecule has 0 atom stereocenters. The molecule has 0 rings (SSSR count). The van der Waals surface area contributed by atoms with Crippen LogP contribution in [0.3, 0.4) is 0 Å². The summed E-state index contributed by atoms with van der Waals surface area (Å²) in [5, 5.41) is 0.944. The fraction of sp³-hybridized carbons (Fsp3) is 0.600. The molecule has 0 aromatic rings. The molecule has 0 aromatic carbocycles. The molecule has 0 saturated heterocycles. The van der Waals surface area contributed by atoms with Crippen molar-refractivity contribution in [3.8, 4) is 0 Å². The Morgan fingerprint density at radius 2 is 1.45 bits per heavy atom. The zero-order valence-corrected chi connectivity index (χ0v) is 11.6. The Kier molecular flexibility index (Phi) is 4.52. The van der Waals surface area contributed by atoms with Crippen molar-refractivity contribution in [1.82, 2.24) is 0 Å². The molecule has 0 spiro atoms. The van der Waals surface area contributed by atoms with Crippen LogP contribution in [0.2, 0.25) is 13.1 Å². The van der Waals surface area contributed by atoms with E-state index in [9.17, 15) is 0 Å². The summed E-state index contributed by atoms with van der Waals surface area (Å²) < 4.78 is 0. The van der Waals surface area contributed by atoms with Crippen LogP contribution in [0.1, 0.15) is 6.92 Å². The molecule has 11 heavy (non-hydrogen) atoms. The van der Waals surface area contributed by atoms with Crippen LogP contribution in [0.15, 0.2) is 10.9 Å². The maximum absolute atomic E-state index is 5.93. The standard InChI is InChI=1S/C5H10Cl4Si2/c1-5(11(3,8)9)4-10(2,6)7/h4H,1-3H3/b5-4+. The van der Waals surface area contributed by atoms with E-state index in [2.05, 4.69) is 0 Å². The fourth-order valence-corrected chi connectivity index (χ4v) is 5.66. The van der Waals surface area contributed by atoms with Crippen LogP contribution < -0.4 is 0 Å². The van der Waals surface area contributed by atoms with Crippen LogP contribution >= 0.6 is 44.3 Å². The summed E-state index contributed by atoms with van der Waals surface area (Å²) in [5.74, 6) is 0. The summed E-state index contributed by atoms with van der Waals surface area (Å²) in [6.45, 7) is 1.14. The van der Waals surface area contributed by atoms with Gasteiger partial charge in [-0.3, -0.25) is 0 Å². The van der Waals surface area contributed by atoms with E-state index in [0.29, 0.717) is 0 Å². The van der Waals surface area contributed by atoms with Gasteiger partial charge in [-0.15, -0.1) is 44.3 Å². The average molecular weight is 268 g/mol. The van der Waals surface area contributed by atoms with E-state index in [4.69, 9.17) is 44.3 Å². The second-order valence-corrected chi connectivity index (χ2v) is 17.8. The minimum atomic E-state index is -2.20. The Balaban J connectivity index is 4.49. The predicted molar refractivity (Wildman–Crippen MR) is 60.4 cm³/mol. The molecule has 0 nitrogen and oxygen atoms in total. The highest BCUT2D eigenvalue weighted by Crippen LogP contribution is 2.27. The van der Waals surface area contributed by atoms with E-state index in [-0.39, 0.29) is 0 Å². The second-order valence-electron chi connectivity index (χ2n) is 2.67. The average Bonchev–Trinajstić information content (AvgIpc) is 1.56. The Morgan fingerprint density at radius 1 is 1.09 bits per heavy atom. The van der Waals surface area contributed by atoms with E-state index in [1.54, 1.807) is 0 Å². The lowest BCUT2D eigenvalue weighted by atomic mass is 10.7. The zero-order chi connectivity index (χ0) is 9.28. The quantitative estimate of drug-likeness (QED) is 0.522. The van der Waals surface area contributed by atoms with Gasteiger partial charge in [0, 0.05) is 0 Å². The van der Waals surface area contributed by atoms with Gasteiger partial charge in [-0.25, -0.2) is 0 Å². The molecule has 0 radical (unpaired) electrons. The van der Waals surface area contributed by atoms with Crippen molar-refractivity contribution in [2.24, 2.45) is 0 Å². The van der Waals surface area contributed by atoms with Gasteiger partial charge in [0.1, 0.15) is 0 Å². The lowest BCUT2D eigenvalue weighted by Gasteiger charge is -2.13. The van der Waals surface area contributed by atoms with Gasteiger partial charge < -0.3 is 0 Å². The second kappa shape index (κ2) is 4.03. The van der Waals surface area contributed by atoms with Gasteiger partial charge in [0.05, 0.1) is 0 Å². The molecule has 0 heterocycles. The van der Waals surface area contributed by atoms with E-state index in [1.165, 1.54) is 0 Å². The molecule has 0 aliphatic carbocycles. The smallest absolute Gasteiger partial charge is 0.141 e. The van der Waals surface area contributed by atoms with Gasteiger partial charge in [0.15, 0.2) is 0 Å². The van der Waals surface area contributed by atoms with Crippen LogP contribution in [-0.4, -0.2) is 13.4 Å². The lowest BCUT2D eigenvalue weighted by Crippen LogP contribution is -2.20. The molecule has 0 amide bonds. The monoisotopic (exact) mass is 266 g/mol. The maximum atomic E-state index is 5.93. The van der Waals surface area contributed by atoms with Gasteiger partial charge in [-0.1, -0.05) is 10.9 Å². The molecule has 6 heteroatoms. The van der Waals surface area contributed by atoms with Gasteiger partial charge in [0.25, 0.3) is 13.4 Å². The third-order valence-electron chi connectivity index (χ3n) is 1.16. The minimum absolute atomic E-state index is 0.944. The van der Waals surface area contributed by atoms with Crippen molar-refractivity contribution in [2.45, 2.75) is 20.0 Å². The lowest BCUT2D eigenvalue weighted by molar-refractivity contribution is 1.64. The Bertz CT molecular complexity index is 164. The number of allylic oxidation sites excluding steroid dienone is 1. The van der Waals surface area contributed by atoms with Crippen LogP contribution in [-0.2, 0) is 0 Å². The van der Waals surface area contributed by atoms with E-state index in [1.807, 2.05) is 25.7 Å². The van der Waals surface area contributed by atoms with Gasteiger partial charge in [0.2, 0.25) is 0 Å². The number of hydrogen-bond donors (Lipinski definition) is 0. The highest BCUT2D eigenvalue weighted by atomic mass is 35.7. The van der Waals surface area contributed by atoms with E-state index >= 15 is 0 Å². The van der Waals surface area contributed by atoms with E-state index < -0.39 is 13.4 Å². The Hall–Kier alpha value is 1.33. The molecular weight excluding hydrogens is 258 g/mol. The van der Waals surface area contributed by atoms with Crippen molar-refractivity contribution in [1.29, 1.82) is 0 Å². The van der Waals surface area contributed by atoms with Crippen LogP contribution in [0.4, 0.5) is 0 Å². The largest absolute Gasteiger partial charge is 0.273 e. The first-order valence-electron chi connectivity index (χ1n) is 3.08. The maximum Gasteiger partial charge on any atom is 0.273 e. The summed E-state index contributed by atoms with van der Waals surface area (Å²) in [6, 6.07) is 0. The SMILES string of the molecule is C/C(=C\[Si](C)(Cl)Cl)[Si](C)(Cl)Cl. The van der Waals surface area contributed by atoms with Gasteiger partial charge >= 0.3 is 0 Å².